The minimum Gasteiger partial charge on any atom is -0.487 e. The third kappa shape index (κ3) is 5.91. The molecule has 0 bridgehead atoms. The van der Waals surface area contributed by atoms with E-state index in [4.69, 9.17) is 4.74 Å². The number of amides is 2. The number of urea groups is 1. The molecule has 4 rings (SSSR count). The van der Waals surface area contributed by atoms with Gasteiger partial charge in [-0.15, -0.1) is 0 Å². The maximum Gasteiger partial charge on any atom is 0.317 e. The number of ether oxygens (including phenoxy) is 1. The fourth-order valence-electron chi connectivity index (χ4n) is 4.22. The molecule has 178 valence electrons. The topological polar surface area (TPSA) is 74.7 Å². The molecule has 0 unspecified atom stereocenters. The van der Waals surface area contributed by atoms with Crippen molar-refractivity contribution in [2.75, 3.05) is 7.05 Å². The number of nitrogens with one attached hydrogen (secondary N) is 1. The second kappa shape index (κ2) is 10.7. The van der Waals surface area contributed by atoms with Crippen LogP contribution in [0, 0.1) is 5.82 Å². The smallest absolute Gasteiger partial charge is 0.317 e. The summed E-state index contributed by atoms with van der Waals surface area (Å²) in [7, 11) is 1.65. The number of aliphatic hydroxyl groups is 1. The van der Waals surface area contributed by atoms with E-state index in [1.54, 1.807) is 37.5 Å². The van der Waals surface area contributed by atoms with Crippen LogP contribution in [0.4, 0.5) is 9.18 Å². The Labute approximate surface area is 199 Å². The molecule has 3 aromatic rings. The van der Waals surface area contributed by atoms with E-state index >= 15 is 0 Å². The number of pyridine rings is 1. The molecule has 1 saturated carbocycles. The summed E-state index contributed by atoms with van der Waals surface area (Å²) in [4.78, 5) is 18.5. The highest BCUT2D eigenvalue weighted by molar-refractivity contribution is 5.74. The number of benzene rings is 2. The van der Waals surface area contributed by atoms with E-state index in [0.29, 0.717) is 49.3 Å². The van der Waals surface area contributed by atoms with Crippen molar-refractivity contribution in [2.24, 2.45) is 0 Å². The molecular formula is C27H30FN3O3. The van der Waals surface area contributed by atoms with E-state index in [9.17, 15) is 14.3 Å². The van der Waals surface area contributed by atoms with Crippen molar-refractivity contribution in [1.29, 1.82) is 0 Å². The Morgan fingerprint density at radius 1 is 1.12 bits per heavy atom. The summed E-state index contributed by atoms with van der Waals surface area (Å²) < 4.78 is 19.6. The number of carbonyl (C=O) groups excluding carboxylic acids is 1. The highest BCUT2D eigenvalue weighted by atomic mass is 19.1. The van der Waals surface area contributed by atoms with E-state index in [1.165, 1.54) is 11.0 Å². The molecule has 1 aliphatic carbocycles. The zero-order valence-electron chi connectivity index (χ0n) is 19.3. The first-order valence-electron chi connectivity index (χ1n) is 11.5. The minimum atomic E-state index is -1.03. The van der Waals surface area contributed by atoms with Gasteiger partial charge in [-0.1, -0.05) is 48.5 Å². The third-order valence-corrected chi connectivity index (χ3v) is 6.31. The monoisotopic (exact) mass is 463 g/mol. The Morgan fingerprint density at radius 3 is 2.50 bits per heavy atom. The average molecular weight is 464 g/mol. The highest BCUT2D eigenvalue weighted by Gasteiger charge is 2.36. The zero-order chi connectivity index (χ0) is 24.0. The standard InChI is InChI=1S/C27H30FN3O3/c1-31(18-21-9-5-6-10-24(21)28)26(32)30-22-13-15-27(33,16-14-22)25-12-11-23(17-29-25)34-19-20-7-3-2-4-8-20/h2-12,17,22,33H,13-16,18-19H2,1H3,(H,30,32). The SMILES string of the molecule is CN(Cc1ccccc1F)C(=O)NC1CCC(O)(c2ccc(OCc3ccccc3)cn2)CC1. The fourth-order valence-corrected chi connectivity index (χ4v) is 4.22. The van der Waals surface area contributed by atoms with Crippen LogP contribution in [0.3, 0.4) is 0 Å². The number of rotatable bonds is 7. The first-order chi connectivity index (χ1) is 16.4. The van der Waals surface area contributed by atoms with E-state index in [-0.39, 0.29) is 24.4 Å². The molecule has 34 heavy (non-hydrogen) atoms. The summed E-state index contributed by atoms with van der Waals surface area (Å²) in [5, 5.41) is 14.2. The van der Waals surface area contributed by atoms with Gasteiger partial charge in [-0.05, 0) is 49.4 Å². The Hall–Kier alpha value is -3.45. The second-order valence-electron chi connectivity index (χ2n) is 8.86. The molecule has 2 aromatic carbocycles. The molecule has 7 heteroatoms. The van der Waals surface area contributed by atoms with Crippen molar-refractivity contribution in [1.82, 2.24) is 15.2 Å². The van der Waals surface area contributed by atoms with Crippen LogP contribution >= 0.6 is 0 Å². The lowest BCUT2D eigenvalue weighted by Crippen LogP contribution is -2.46. The van der Waals surface area contributed by atoms with Gasteiger partial charge in [0, 0.05) is 25.2 Å². The molecule has 6 nitrogen and oxygen atoms in total. The predicted octanol–water partition coefficient (Wildman–Crippen LogP) is 4.77. The van der Waals surface area contributed by atoms with E-state index in [0.717, 1.165) is 5.56 Å². The van der Waals surface area contributed by atoms with E-state index in [2.05, 4.69) is 10.3 Å². The quantitative estimate of drug-likeness (QED) is 0.529. The Kier molecular flexibility index (Phi) is 7.43. The number of hydrogen-bond acceptors (Lipinski definition) is 4. The first kappa shape index (κ1) is 23.7. The maximum atomic E-state index is 13.9. The van der Waals surface area contributed by atoms with Crippen LogP contribution in [-0.4, -0.2) is 34.1 Å². The van der Waals surface area contributed by atoms with Gasteiger partial charge in [-0.2, -0.15) is 0 Å². The van der Waals surface area contributed by atoms with Crippen LogP contribution in [0.15, 0.2) is 72.9 Å². The summed E-state index contributed by atoms with van der Waals surface area (Å²) in [5.41, 5.74) is 1.13. The van der Waals surface area contributed by atoms with Crippen molar-refractivity contribution >= 4 is 6.03 Å². The minimum absolute atomic E-state index is 0.0516. The van der Waals surface area contributed by atoms with Gasteiger partial charge in [0.1, 0.15) is 23.8 Å². The fraction of sp³-hybridized carbons (Fsp3) is 0.333. The highest BCUT2D eigenvalue weighted by Crippen LogP contribution is 2.36. The van der Waals surface area contributed by atoms with Crippen molar-refractivity contribution in [3.8, 4) is 5.75 Å². The molecule has 1 aliphatic rings. The molecule has 0 spiro atoms. The summed E-state index contributed by atoms with van der Waals surface area (Å²) in [5.74, 6) is 0.323. The lowest BCUT2D eigenvalue weighted by molar-refractivity contribution is -0.0116. The lowest BCUT2D eigenvalue weighted by Gasteiger charge is -2.36. The van der Waals surface area contributed by atoms with Crippen LogP contribution in [0.2, 0.25) is 0 Å². The van der Waals surface area contributed by atoms with E-state index < -0.39 is 5.60 Å². The molecule has 0 saturated heterocycles. The van der Waals surface area contributed by atoms with Gasteiger partial charge in [0.15, 0.2) is 0 Å². The molecular weight excluding hydrogens is 433 g/mol. The molecule has 0 radical (unpaired) electrons. The van der Waals surface area contributed by atoms with Gasteiger partial charge in [-0.3, -0.25) is 4.98 Å². The number of hydrogen-bond donors (Lipinski definition) is 2. The maximum absolute atomic E-state index is 13.9. The lowest BCUT2D eigenvalue weighted by atomic mass is 9.80. The first-order valence-corrected chi connectivity index (χ1v) is 11.5. The molecule has 1 heterocycles. The van der Waals surface area contributed by atoms with Gasteiger partial charge in [0.05, 0.1) is 11.9 Å². The second-order valence-corrected chi connectivity index (χ2v) is 8.86. The van der Waals surface area contributed by atoms with Gasteiger partial charge in [0.25, 0.3) is 0 Å². The molecule has 1 aromatic heterocycles. The van der Waals surface area contributed by atoms with E-state index in [1.807, 2.05) is 36.4 Å². The van der Waals surface area contributed by atoms with Crippen molar-refractivity contribution in [3.63, 3.8) is 0 Å². The van der Waals surface area contributed by atoms with Gasteiger partial charge in [-0.25, -0.2) is 9.18 Å². The number of aromatic nitrogens is 1. The predicted molar refractivity (Wildman–Crippen MR) is 128 cm³/mol. The summed E-state index contributed by atoms with van der Waals surface area (Å²) >= 11 is 0. The Balaban J connectivity index is 1.26. The molecule has 0 atom stereocenters. The van der Waals surface area contributed by atoms with Crippen molar-refractivity contribution < 1.29 is 19.0 Å². The van der Waals surface area contributed by atoms with Crippen LogP contribution in [-0.2, 0) is 18.8 Å². The number of halogens is 1. The van der Waals surface area contributed by atoms with Crippen LogP contribution in [0.5, 0.6) is 5.75 Å². The Morgan fingerprint density at radius 2 is 1.82 bits per heavy atom. The van der Waals surface area contributed by atoms with Gasteiger partial charge < -0.3 is 20.1 Å². The van der Waals surface area contributed by atoms with Crippen LogP contribution < -0.4 is 10.1 Å². The number of nitrogens with zero attached hydrogens (tertiary/aromatic N) is 2. The van der Waals surface area contributed by atoms with Gasteiger partial charge >= 0.3 is 6.03 Å². The van der Waals surface area contributed by atoms with Crippen molar-refractivity contribution in [2.45, 2.75) is 50.5 Å². The summed E-state index contributed by atoms with van der Waals surface area (Å²) in [6, 6.07) is 19.7. The zero-order valence-corrected chi connectivity index (χ0v) is 19.3. The number of carbonyl (C=O) groups is 1. The van der Waals surface area contributed by atoms with Crippen LogP contribution in [0.1, 0.15) is 42.5 Å². The van der Waals surface area contributed by atoms with Gasteiger partial charge in [0.2, 0.25) is 0 Å². The molecule has 2 N–H and O–H groups in total. The van der Waals surface area contributed by atoms with Crippen LogP contribution in [0.25, 0.3) is 0 Å². The summed E-state index contributed by atoms with van der Waals surface area (Å²) in [6.45, 7) is 0.649. The molecule has 0 aliphatic heterocycles. The normalized spacial score (nSPS) is 19.9. The Bertz CT molecular complexity index is 1080. The third-order valence-electron chi connectivity index (χ3n) is 6.31. The molecule has 1 fully saturated rings. The largest absolute Gasteiger partial charge is 0.487 e. The average Bonchev–Trinajstić information content (AvgIpc) is 2.86. The molecule has 2 amide bonds. The van der Waals surface area contributed by atoms with Crippen molar-refractivity contribution in [3.05, 3.63) is 95.6 Å². The summed E-state index contributed by atoms with van der Waals surface area (Å²) in [6.07, 6.45) is 3.88.